The Hall–Kier alpha value is -0.850. The van der Waals surface area contributed by atoms with Crippen LogP contribution in [0.5, 0.6) is 0 Å². The van der Waals surface area contributed by atoms with Crippen molar-refractivity contribution in [3.63, 3.8) is 0 Å². The van der Waals surface area contributed by atoms with Crippen LogP contribution in [-0.2, 0) is 4.79 Å². The normalized spacial score (nSPS) is 32.7. The van der Waals surface area contributed by atoms with Gasteiger partial charge in [0, 0.05) is 5.92 Å². The van der Waals surface area contributed by atoms with Gasteiger partial charge in [0.1, 0.15) is 0 Å². The third-order valence-electron chi connectivity index (χ3n) is 3.25. The first-order chi connectivity index (χ1) is 6.31. The highest BCUT2D eigenvalue weighted by atomic mass is 16.1. The van der Waals surface area contributed by atoms with Crippen LogP contribution in [0.4, 0.5) is 0 Å². The summed E-state index contributed by atoms with van der Waals surface area (Å²) in [5, 5.41) is 0. The van der Waals surface area contributed by atoms with E-state index in [1.54, 1.807) is 11.6 Å². The average molecular weight is 176 g/mol. The first kappa shape index (κ1) is 8.74. The van der Waals surface area contributed by atoms with E-state index in [4.69, 9.17) is 0 Å². The number of hydrogen-bond acceptors (Lipinski definition) is 1. The van der Waals surface area contributed by atoms with E-state index in [0.29, 0.717) is 17.6 Å². The van der Waals surface area contributed by atoms with Gasteiger partial charge in [-0.15, -0.1) is 0 Å². The molecule has 0 bridgehead atoms. The third kappa shape index (κ3) is 1.60. The Morgan fingerprint density at radius 3 is 3.15 bits per heavy atom. The van der Waals surface area contributed by atoms with Crippen LogP contribution in [0.25, 0.3) is 0 Å². The summed E-state index contributed by atoms with van der Waals surface area (Å²) in [6, 6.07) is 0. The van der Waals surface area contributed by atoms with Crippen molar-refractivity contribution < 1.29 is 4.79 Å². The van der Waals surface area contributed by atoms with Gasteiger partial charge in [0.05, 0.1) is 0 Å². The van der Waals surface area contributed by atoms with Gasteiger partial charge in [-0.1, -0.05) is 24.6 Å². The second-order valence-electron chi connectivity index (χ2n) is 4.03. The van der Waals surface area contributed by atoms with E-state index in [-0.39, 0.29) is 0 Å². The van der Waals surface area contributed by atoms with Crippen molar-refractivity contribution in [2.45, 2.75) is 32.6 Å². The molecular formula is C12H16O. The first-order valence-corrected chi connectivity index (χ1v) is 5.21. The van der Waals surface area contributed by atoms with E-state index in [1.807, 2.05) is 6.08 Å². The van der Waals surface area contributed by atoms with Crippen LogP contribution >= 0.6 is 0 Å². The Kier molecular flexibility index (Phi) is 2.34. The van der Waals surface area contributed by atoms with Gasteiger partial charge < -0.3 is 0 Å². The quantitative estimate of drug-likeness (QED) is 0.561. The van der Waals surface area contributed by atoms with E-state index in [9.17, 15) is 4.79 Å². The van der Waals surface area contributed by atoms with Gasteiger partial charge in [0.25, 0.3) is 0 Å². The molecule has 2 rings (SSSR count). The van der Waals surface area contributed by atoms with Crippen LogP contribution in [0.15, 0.2) is 23.8 Å². The molecule has 0 N–H and O–H groups in total. The second kappa shape index (κ2) is 3.49. The maximum atomic E-state index is 11.5. The van der Waals surface area contributed by atoms with E-state index < -0.39 is 0 Å². The van der Waals surface area contributed by atoms with Crippen molar-refractivity contribution in [2.75, 3.05) is 0 Å². The van der Waals surface area contributed by atoms with Crippen molar-refractivity contribution in [2.24, 2.45) is 11.8 Å². The van der Waals surface area contributed by atoms with Crippen molar-refractivity contribution in [3.05, 3.63) is 23.8 Å². The monoisotopic (exact) mass is 176 g/mol. The minimum absolute atomic E-state index is 0.306. The van der Waals surface area contributed by atoms with Crippen molar-refractivity contribution in [1.82, 2.24) is 0 Å². The molecule has 2 unspecified atom stereocenters. The second-order valence-corrected chi connectivity index (χ2v) is 4.03. The molecule has 2 aliphatic rings. The van der Waals surface area contributed by atoms with Crippen LogP contribution in [0.2, 0.25) is 0 Å². The van der Waals surface area contributed by atoms with Gasteiger partial charge in [-0.3, -0.25) is 4.79 Å². The molecule has 70 valence electrons. The molecule has 1 heteroatoms. The van der Waals surface area contributed by atoms with E-state index in [2.05, 4.69) is 13.0 Å². The fraction of sp³-hybridized carbons (Fsp3) is 0.583. The highest BCUT2D eigenvalue weighted by Gasteiger charge is 2.30. The molecule has 1 nitrogen and oxygen atoms in total. The molecule has 13 heavy (non-hydrogen) atoms. The first-order valence-electron chi connectivity index (χ1n) is 5.21. The fourth-order valence-corrected chi connectivity index (χ4v) is 2.40. The average Bonchev–Trinajstić information content (AvgIpc) is 2.18. The Labute approximate surface area is 79.5 Å². The molecule has 0 saturated heterocycles. The Bertz CT molecular complexity index is 273. The topological polar surface area (TPSA) is 17.1 Å². The van der Waals surface area contributed by atoms with Crippen molar-refractivity contribution in [3.8, 4) is 0 Å². The van der Waals surface area contributed by atoms with Crippen LogP contribution in [0, 0.1) is 11.8 Å². The van der Waals surface area contributed by atoms with E-state index in [1.165, 1.54) is 0 Å². The molecule has 0 radical (unpaired) electrons. The van der Waals surface area contributed by atoms with Gasteiger partial charge in [-0.2, -0.15) is 0 Å². The van der Waals surface area contributed by atoms with Crippen molar-refractivity contribution >= 4 is 5.78 Å². The lowest BCUT2D eigenvalue weighted by atomic mass is 9.74. The zero-order valence-electron chi connectivity index (χ0n) is 8.12. The highest BCUT2D eigenvalue weighted by molar-refractivity contribution is 5.93. The largest absolute Gasteiger partial charge is 0.295 e. The van der Waals surface area contributed by atoms with Gasteiger partial charge in [0.15, 0.2) is 5.78 Å². The molecule has 0 amide bonds. The highest BCUT2D eigenvalue weighted by Crippen LogP contribution is 2.35. The van der Waals surface area contributed by atoms with E-state index >= 15 is 0 Å². The molecule has 2 aliphatic carbocycles. The predicted octanol–water partition coefficient (Wildman–Crippen LogP) is 2.88. The molecule has 0 fully saturated rings. The van der Waals surface area contributed by atoms with Crippen LogP contribution in [0.1, 0.15) is 32.6 Å². The third-order valence-corrected chi connectivity index (χ3v) is 3.25. The number of carbonyl (C=O) groups excluding carboxylic acids is 1. The Balaban J connectivity index is 2.19. The van der Waals surface area contributed by atoms with Crippen LogP contribution < -0.4 is 0 Å². The number of carbonyl (C=O) groups is 1. The number of allylic oxidation sites excluding steroid dienone is 4. The smallest absolute Gasteiger partial charge is 0.159 e. The number of hydrogen-bond donors (Lipinski definition) is 0. The van der Waals surface area contributed by atoms with E-state index in [0.717, 1.165) is 25.7 Å². The lowest BCUT2D eigenvalue weighted by Crippen LogP contribution is -2.27. The van der Waals surface area contributed by atoms with Gasteiger partial charge in [-0.25, -0.2) is 0 Å². The summed E-state index contributed by atoms with van der Waals surface area (Å²) in [7, 11) is 0. The Morgan fingerprint density at radius 1 is 1.54 bits per heavy atom. The number of rotatable bonds is 1. The standard InChI is InChI=1S/C12H16O/c1-2-9-6-7-11-10(8-9)4-3-5-12(11)13/h3,5,8,10-11H,2,4,6-7H2,1H3. The number of ketones is 1. The molecule has 0 saturated carbocycles. The zero-order chi connectivity index (χ0) is 9.26. The fourth-order valence-electron chi connectivity index (χ4n) is 2.40. The summed E-state index contributed by atoms with van der Waals surface area (Å²) in [5.41, 5.74) is 1.55. The molecule has 0 aromatic rings. The summed E-state index contributed by atoms with van der Waals surface area (Å²) < 4.78 is 0. The predicted molar refractivity (Wildman–Crippen MR) is 53.4 cm³/mol. The molecule has 0 spiro atoms. The molecule has 0 heterocycles. The zero-order valence-corrected chi connectivity index (χ0v) is 8.12. The summed E-state index contributed by atoms with van der Waals surface area (Å²) in [5.74, 6) is 1.17. The van der Waals surface area contributed by atoms with Gasteiger partial charge >= 0.3 is 0 Å². The lowest BCUT2D eigenvalue weighted by molar-refractivity contribution is -0.120. The minimum Gasteiger partial charge on any atom is -0.295 e. The summed E-state index contributed by atoms with van der Waals surface area (Å²) in [6.07, 6.45) is 10.6. The summed E-state index contributed by atoms with van der Waals surface area (Å²) in [4.78, 5) is 11.5. The number of fused-ring (bicyclic) bond motifs is 1. The van der Waals surface area contributed by atoms with Crippen molar-refractivity contribution in [1.29, 1.82) is 0 Å². The molecule has 2 atom stereocenters. The summed E-state index contributed by atoms with van der Waals surface area (Å²) in [6.45, 7) is 2.20. The molecule has 0 aromatic carbocycles. The summed E-state index contributed by atoms with van der Waals surface area (Å²) >= 11 is 0. The maximum absolute atomic E-state index is 11.5. The van der Waals surface area contributed by atoms with Crippen LogP contribution in [-0.4, -0.2) is 5.78 Å². The van der Waals surface area contributed by atoms with Crippen LogP contribution in [0.3, 0.4) is 0 Å². The maximum Gasteiger partial charge on any atom is 0.159 e. The molecule has 0 aliphatic heterocycles. The molecular weight excluding hydrogens is 160 g/mol. The SMILES string of the molecule is CCC1=CC2CC=CC(=O)C2CC1. The van der Waals surface area contributed by atoms with Gasteiger partial charge in [-0.05, 0) is 37.7 Å². The minimum atomic E-state index is 0.306. The Morgan fingerprint density at radius 2 is 2.38 bits per heavy atom. The lowest BCUT2D eigenvalue weighted by Gasteiger charge is -2.30. The van der Waals surface area contributed by atoms with Gasteiger partial charge in [0.2, 0.25) is 0 Å². The molecule has 0 aromatic heterocycles.